The summed E-state index contributed by atoms with van der Waals surface area (Å²) in [5.41, 5.74) is -0.610. The van der Waals surface area contributed by atoms with Crippen LogP contribution in [0.5, 0.6) is 0 Å². The van der Waals surface area contributed by atoms with Crippen LogP contribution in [0.3, 0.4) is 0 Å². The normalized spacial score (nSPS) is 56.2. The van der Waals surface area contributed by atoms with Crippen LogP contribution >= 0.6 is 0 Å². The van der Waals surface area contributed by atoms with Crippen LogP contribution in [0.15, 0.2) is 0 Å². The van der Waals surface area contributed by atoms with Crippen LogP contribution in [-0.4, -0.2) is 21.9 Å². The molecule has 2 heteroatoms. The molecule has 0 radical (unpaired) electrons. The minimum atomic E-state index is -0.849. The first kappa shape index (κ1) is 8.52. The van der Waals surface area contributed by atoms with Crippen LogP contribution in [0.25, 0.3) is 0 Å². The average Bonchev–Trinajstić information content (AvgIpc) is 1.93. The van der Waals surface area contributed by atoms with E-state index in [1.807, 2.05) is 0 Å². The van der Waals surface area contributed by atoms with Gasteiger partial charge in [-0.05, 0) is 37.0 Å². The lowest BCUT2D eigenvalue weighted by atomic mass is 9.43. The number of rotatable bonds is 0. The summed E-state index contributed by atoms with van der Waals surface area (Å²) in [6, 6.07) is 0. The highest BCUT2D eigenvalue weighted by Gasteiger charge is 2.62. The zero-order valence-electron chi connectivity index (χ0n) is 8.04. The maximum Gasteiger partial charge on any atom is 0.0910 e. The van der Waals surface area contributed by atoms with E-state index in [-0.39, 0.29) is 5.41 Å². The average molecular weight is 170 g/mol. The summed E-state index contributed by atoms with van der Waals surface area (Å²) in [4.78, 5) is 0. The van der Waals surface area contributed by atoms with Gasteiger partial charge in [-0.15, -0.1) is 0 Å². The number of aliphatic hydroxyl groups is 2. The van der Waals surface area contributed by atoms with E-state index in [9.17, 15) is 10.2 Å². The van der Waals surface area contributed by atoms with Gasteiger partial charge in [0.2, 0.25) is 0 Å². The zero-order valence-corrected chi connectivity index (χ0v) is 8.04. The molecule has 4 atom stereocenters. The Morgan fingerprint density at radius 1 is 1.17 bits per heavy atom. The standard InChI is InChI=1S/C10H18O2/c1-9(2)6-4-7(9)10(3,12)8(11)5-6/h6-8,11-12H,4-5H2,1-3H3/t6?,7-,8?,10?/m1/s1. The Hall–Kier alpha value is -0.0800. The monoisotopic (exact) mass is 170 g/mol. The molecule has 0 aromatic heterocycles. The molecule has 3 fully saturated rings. The number of fused-ring (bicyclic) bond motifs is 2. The first-order valence-electron chi connectivity index (χ1n) is 4.77. The van der Waals surface area contributed by atoms with E-state index in [2.05, 4.69) is 13.8 Å². The third-order valence-corrected chi connectivity index (χ3v) is 4.36. The van der Waals surface area contributed by atoms with Crippen molar-refractivity contribution in [2.24, 2.45) is 17.3 Å². The fourth-order valence-electron chi connectivity index (χ4n) is 3.15. The Labute approximate surface area is 73.6 Å². The maximum atomic E-state index is 10.0. The molecule has 0 heterocycles. The smallest absolute Gasteiger partial charge is 0.0910 e. The molecule has 3 saturated carbocycles. The summed E-state index contributed by atoms with van der Waals surface area (Å²) in [6.07, 6.45) is 1.36. The van der Waals surface area contributed by atoms with E-state index in [0.717, 1.165) is 12.8 Å². The summed E-state index contributed by atoms with van der Waals surface area (Å²) < 4.78 is 0. The van der Waals surface area contributed by atoms with Crippen molar-refractivity contribution in [3.05, 3.63) is 0 Å². The number of hydrogen-bond acceptors (Lipinski definition) is 2. The SMILES string of the molecule is CC1(C)C2CC(O)C(C)(O)[C@@H]1C2. The highest BCUT2D eigenvalue weighted by atomic mass is 16.3. The Bertz CT molecular complexity index is 208. The van der Waals surface area contributed by atoms with E-state index < -0.39 is 11.7 Å². The van der Waals surface area contributed by atoms with Gasteiger partial charge in [-0.2, -0.15) is 0 Å². The second-order valence-electron chi connectivity index (χ2n) is 5.28. The highest BCUT2D eigenvalue weighted by Crippen LogP contribution is 2.62. The Kier molecular flexibility index (Phi) is 1.45. The molecule has 2 N–H and O–H groups in total. The molecule has 0 spiro atoms. The van der Waals surface area contributed by atoms with Gasteiger partial charge in [0.15, 0.2) is 0 Å². The highest BCUT2D eigenvalue weighted by molar-refractivity contribution is 5.12. The molecular formula is C10H18O2. The third-order valence-electron chi connectivity index (χ3n) is 4.36. The molecule has 3 unspecified atom stereocenters. The first-order valence-corrected chi connectivity index (χ1v) is 4.77. The van der Waals surface area contributed by atoms with Crippen molar-refractivity contribution < 1.29 is 10.2 Å². The molecule has 2 nitrogen and oxygen atoms in total. The summed E-state index contributed by atoms with van der Waals surface area (Å²) in [6.45, 7) is 6.18. The molecule has 3 aliphatic carbocycles. The molecule has 12 heavy (non-hydrogen) atoms. The zero-order chi connectivity index (χ0) is 9.15. The van der Waals surface area contributed by atoms with E-state index >= 15 is 0 Å². The van der Waals surface area contributed by atoms with Gasteiger partial charge in [-0.1, -0.05) is 13.8 Å². The van der Waals surface area contributed by atoms with Gasteiger partial charge >= 0.3 is 0 Å². The molecule has 0 aromatic carbocycles. The fourth-order valence-corrected chi connectivity index (χ4v) is 3.15. The molecule has 70 valence electrons. The predicted octanol–water partition coefficient (Wildman–Crippen LogP) is 1.16. The van der Waals surface area contributed by atoms with Crippen LogP contribution in [0.2, 0.25) is 0 Å². The number of hydrogen-bond donors (Lipinski definition) is 2. The second-order valence-corrected chi connectivity index (χ2v) is 5.28. The molecule has 0 aromatic rings. The van der Waals surface area contributed by atoms with Crippen molar-refractivity contribution in [3.8, 4) is 0 Å². The van der Waals surface area contributed by atoms with Crippen molar-refractivity contribution in [2.45, 2.75) is 45.3 Å². The van der Waals surface area contributed by atoms with Gasteiger partial charge in [0.05, 0.1) is 11.7 Å². The van der Waals surface area contributed by atoms with Crippen LogP contribution in [0.4, 0.5) is 0 Å². The van der Waals surface area contributed by atoms with Gasteiger partial charge in [0.25, 0.3) is 0 Å². The minimum Gasteiger partial charge on any atom is -0.390 e. The first-order chi connectivity index (χ1) is 5.37. The summed E-state index contributed by atoms with van der Waals surface area (Å²) in [7, 11) is 0. The molecule has 3 rings (SSSR count). The fraction of sp³-hybridized carbons (Fsp3) is 1.00. The van der Waals surface area contributed by atoms with E-state index in [0.29, 0.717) is 11.8 Å². The van der Waals surface area contributed by atoms with Crippen molar-refractivity contribution >= 4 is 0 Å². The third kappa shape index (κ3) is 0.775. The molecule has 0 aliphatic heterocycles. The van der Waals surface area contributed by atoms with Crippen LogP contribution in [0.1, 0.15) is 33.6 Å². The van der Waals surface area contributed by atoms with E-state index in [1.54, 1.807) is 6.92 Å². The molecule has 0 saturated heterocycles. The maximum absolute atomic E-state index is 10.0. The largest absolute Gasteiger partial charge is 0.390 e. The van der Waals surface area contributed by atoms with E-state index in [4.69, 9.17) is 0 Å². The summed E-state index contributed by atoms with van der Waals surface area (Å²) in [5.74, 6) is 0.913. The molecule has 0 amide bonds. The van der Waals surface area contributed by atoms with Gasteiger partial charge in [-0.25, -0.2) is 0 Å². The molecular weight excluding hydrogens is 152 g/mol. The van der Waals surface area contributed by atoms with Crippen LogP contribution < -0.4 is 0 Å². The lowest BCUT2D eigenvalue weighted by Gasteiger charge is -2.64. The minimum absolute atomic E-state index is 0.239. The Morgan fingerprint density at radius 3 is 2.08 bits per heavy atom. The molecule has 2 bridgehead atoms. The van der Waals surface area contributed by atoms with Gasteiger partial charge in [-0.3, -0.25) is 0 Å². The topological polar surface area (TPSA) is 40.5 Å². The quantitative estimate of drug-likeness (QED) is 0.573. The van der Waals surface area contributed by atoms with Crippen LogP contribution in [0, 0.1) is 17.3 Å². The van der Waals surface area contributed by atoms with Crippen molar-refractivity contribution in [3.63, 3.8) is 0 Å². The summed E-state index contributed by atoms with van der Waals surface area (Å²) >= 11 is 0. The Balaban J connectivity index is 2.27. The van der Waals surface area contributed by atoms with Gasteiger partial charge in [0, 0.05) is 0 Å². The van der Waals surface area contributed by atoms with Gasteiger partial charge < -0.3 is 10.2 Å². The number of aliphatic hydroxyl groups excluding tert-OH is 1. The molecule has 3 aliphatic rings. The van der Waals surface area contributed by atoms with E-state index in [1.165, 1.54) is 0 Å². The van der Waals surface area contributed by atoms with Crippen molar-refractivity contribution in [1.82, 2.24) is 0 Å². The lowest BCUT2D eigenvalue weighted by Crippen LogP contribution is -2.66. The summed E-state index contributed by atoms with van der Waals surface area (Å²) in [5, 5.41) is 19.7. The van der Waals surface area contributed by atoms with Crippen LogP contribution in [-0.2, 0) is 0 Å². The second kappa shape index (κ2) is 2.05. The lowest BCUT2D eigenvalue weighted by molar-refractivity contribution is -0.245. The predicted molar refractivity (Wildman–Crippen MR) is 46.6 cm³/mol. The van der Waals surface area contributed by atoms with Gasteiger partial charge in [0.1, 0.15) is 0 Å². The van der Waals surface area contributed by atoms with Crippen molar-refractivity contribution in [1.29, 1.82) is 0 Å². The Morgan fingerprint density at radius 2 is 1.75 bits per heavy atom. The van der Waals surface area contributed by atoms with Crippen molar-refractivity contribution in [2.75, 3.05) is 0 Å².